The molecule has 2 aliphatic heterocycles. The molecule has 1 atom stereocenters. The van der Waals surface area contributed by atoms with Crippen LogP contribution < -0.4 is 26.6 Å². The van der Waals surface area contributed by atoms with Gasteiger partial charge in [0.15, 0.2) is 0 Å². The summed E-state index contributed by atoms with van der Waals surface area (Å²) in [6.45, 7) is 6.37. The first-order valence-electron chi connectivity index (χ1n) is 17.2. The molecule has 2 heterocycles. The first kappa shape index (κ1) is 37.2. The van der Waals surface area contributed by atoms with Crippen molar-refractivity contribution in [3.8, 4) is 0 Å². The van der Waals surface area contributed by atoms with E-state index in [4.69, 9.17) is 4.74 Å². The molecule has 0 radical (unpaired) electrons. The Morgan fingerprint density at radius 3 is 2.15 bits per heavy atom. The number of rotatable bonds is 13. The average molecular weight is 711 g/mol. The van der Waals surface area contributed by atoms with Crippen LogP contribution in [0.25, 0.3) is 10.8 Å². The van der Waals surface area contributed by atoms with Crippen LogP contribution in [-0.2, 0) is 23.9 Å². The maximum atomic E-state index is 13.6. The Morgan fingerprint density at radius 1 is 0.808 bits per heavy atom. The third-order valence-electron chi connectivity index (χ3n) is 8.31. The van der Waals surface area contributed by atoms with Crippen molar-refractivity contribution in [2.75, 3.05) is 29.0 Å². The second kappa shape index (κ2) is 16.3. The minimum absolute atomic E-state index is 0.0469. The molecule has 14 heteroatoms. The van der Waals surface area contributed by atoms with E-state index in [1.807, 2.05) is 12.1 Å². The van der Waals surface area contributed by atoms with Gasteiger partial charge in [-0.1, -0.05) is 25.0 Å². The quantitative estimate of drug-likeness (QED) is 0.0935. The normalized spacial score (nSPS) is 15.8. The Bertz CT molecular complexity index is 1930. The Labute approximate surface area is 300 Å². The van der Waals surface area contributed by atoms with Crippen molar-refractivity contribution in [1.82, 2.24) is 15.5 Å². The van der Waals surface area contributed by atoms with Crippen LogP contribution in [0.2, 0.25) is 0 Å². The van der Waals surface area contributed by atoms with Crippen molar-refractivity contribution in [3.63, 3.8) is 0 Å². The van der Waals surface area contributed by atoms with Crippen LogP contribution in [-0.4, -0.2) is 71.2 Å². The van der Waals surface area contributed by atoms with Crippen molar-refractivity contribution >= 4 is 69.4 Å². The highest BCUT2D eigenvalue weighted by Gasteiger charge is 2.42. The van der Waals surface area contributed by atoms with Crippen LogP contribution in [0.5, 0.6) is 0 Å². The molecule has 0 aliphatic carbocycles. The molecule has 14 nitrogen and oxygen atoms in total. The van der Waals surface area contributed by atoms with E-state index in [1.54, 1.807) is 63.2 Å². The van der Waals surface area contributed by atoms with E-state index in [0.717, 1.165) is 42.0 Å². The zero-order valence-electron chi connectivity index (χ0n) is 29.3. The van der Waals surface area contributed by atoms with Crippen molar-refractivity contribution in [1.29, 1.82) is 0 Å². The number of ether oxygens (including phenoxy) is 1. The molecule has 2 aliphatic rings. The first-order chi connectivity index (χ1) is 24.8. The van der Waals surface area contributed by atoms with Crippen LogP contribution in [0.3, 0.4) is 0 Å². The minimum atomic E-state index is -1.05. The van der Waals surface area contributed by atoms with Gasteiger partial charge in [0, 0.05) is 59.7 Å². The molecule has 3 aromatic carbocycles. The number of anilines is 3. The summed E-state index contributed by atoms with van der Waals surface area (Å²) in [6, 6.07) is 14.2. The van der Waals surface area contributed by atoms with Gasteiger partial charge in [-0.15, -0.1) is 0 Å². The number of amides is 7. The molecule has 52 heavy (non-hydrogen) atoms. The van der Waals surface area contributed by atoms with Crippen LogP contribution in [0, 0.1) is 0 Å². The van der Waals surface area contributed by atoms with Gasteiger partial charge in [-0.3, -0.25) is 44.3 Å². The summed E-state index contributed by atoms with van der Waals surface area (Å²) in [6.07, 6.45) is 5.18. The highest BCUT2D eigenvalue weighted by atomic mass is 16.6. The molecule has 1 fully saturated rings. The molecule has 272 valence electrons. The molecule has 7 amide bonds. The van der Waals surface area contributed by atoms with Gasteiger partial charge in [0.1, 0.15) is 11.6 Å². The number of hydrogen-bond donors (Lipinski definition) is 5. The van der Waals surface area contributed by atoms with Crippen molar-refractivity contribution in [2.24, 2.45) is 0 Å². The summed E-state index contributed by atoms with van der Waals surface area (Å²) in [5, 5.41) is 14.9. The van der Waals surface area contributed by atoms with E-state index < -0.39 is 47.3 Å². The largest absolute Gasteiger partial charge is 0.444 e. The Kier molecular flexibility index (Phi) is 11.7. The Morgan fingerprint density at radius 2 is 1.46 bits per heavy atom. The van der Waals surface area contributed by atoms with E-state index >= 15 is 0 Å². The lowest BCUT2D eigenvalue weighted by molar-refractivity contribution is -0.136. The zero-order chi connectivity index (χ0) is 37.4. The number of nitrogens with one attached hydrogen (secondary N) is 5. The smallest absolute Gasteiger partial charge is 0.412 e. The number of carbonyl (C=O) groups excluding carboxylic acids is 7. The van der Waals surface area contributed by atoms with E-state index in [9.17, 15) is 33.6 Å². The molecule has 0 saturated carbocycles. The number of carbonyl (C=O) groups is 7. The summed E-state index contributed by atoms with van der Waals surface area (Å²) in [7, 11) is 0. The monoisotopic (exact) mass is 710 g/mol. The number of imide groups is 2. The highest BCUT2D eigenvalue weighted by Crippen LogP contribution is 2.34. The zero-order valence-corrected chi connectivity index (χ0v) is 29.3. The number of benzene rings is 3. The maximum Gasteiger partial charge on any atom is 0.412 e. The summed E-state index contributed by atoms with van der Waals surface area (Å²) in [4.78, 5) is 88.4. The van der Waals surface area contributed by atoms with E-state index in [-0.39, 0.29) is 18.7 Å². The predicted molar refractivity (Wildman–Crippen MR) is 195 cm³/mol. The molecular formula is C38H42N6O8. The van der Waals surface area contributed by atoms with Gasteiger partial charge in [0.05, 0.1) is 5.56 Å². The topological polar surface area (TPSA) is 192 Å². The molecule has 5 N–H and O–H groups in total. The minimum Gasteiger partial charge on any atom is -0.444 e. The third-order valence-corrected chi connectivity index (χ3v) is 8.31. The lowest BCUT2D eigenvalue weighted by Gasteiger charge is -2.34. The van der Waals surface area contributed by atoms with Gasteiger partial charge in [-0.05, 0) is 87.9 Å². The molecule has 1 unspecified atom stereocenters. The van der Waals surface area contributed by atoms with Gasteiger partial charge >= 0.3 is 6.09 Å². The standard InChI is InChI=1S/C38H42N6O8/c1-38(2,3)52-37(51)42-25-13-11-24(12-14-25)41-31(46)18-17-30(45)40-20-7-5-4-6-19-39-26-21-23-9-8-10-27-33(23)28(22-26)36(50)44(35(27)49)29-15-16-32(47)43-34(29)48/h8-14,17-18,21-22,29,39H,4-7,15-16,19-20H2,1-3H3,(H,40,45)(H,41,46)(H,42,51)(H,43,47,48)/b18-17+. The molecule has 0 spiro atoms. The molecular weight excluding hydrogens is 668 g/mol. The Hall–Kier alpha value is -6.05. The second-order valence-corrected chi connectivity index (χ2v) is 13.5. The molecule has 5 rings (SSSR count). The maximum absolute atomic E-state index is 13.6. The van der Waals surface area contributed by atoms with E-state index in [0.29, 0.717) is 46.7 Å². The average Bonchev–Trinajstić information content (AvgIpc) is 3.08. The summed E-state index contributed by atoms with van der Waals surface area (Å²) >= 11 is 0. The molecule has 0 aromatic heterocycles. The van der Waals surface area contributed by atoms with Crippen molar-refractivity contribution in [2.45, 2.75) is 70.9 Å². The summed E-state index contributed by atoms with van der Waals surface area (Å²) in [5.41, 5.74) is 1.75. The van der Waals surface area contributed by atoms with Gasteiger partial charge in [-0.2, -0.15) is 0 Å². The van der Waals surface area contributed by atoms with E-state index in [2.05, 4.69) is 26.6 Å². The highest BCUT2D eigenvalue weighted by molar-refractivity contribution is 6.27. The van der Waals surface area contributed by atoms with Crippen LogP contribution in [0.4, 0.5) is 21.9 Å². The fourth-order valence-electron chi connectivity index (χ4n) is 5.94. The van der Waals surface area contributed by atoms with E-state index in [1.165, 1.54) is 6.08 Å². The summed E-state index contributed by atoms with van der Waals surface area (Å²) in [5.74, 6) is -3.06. The fourth-order valence-corrected chi connectivity index (χ4v) is 5.94. The SMILES string of the molecule is CC(C)(C)OC(=O)Nc1ccc(NC(=O)/C=C/C(=O)NCCCCCCNc2cc3c4c(cccc4c2)C(=O)N(C2CCC(=O)NC2=O)C3=O)cc1. The van der Waals surface area contributed by atoms with Crippen LogP contribution in [0.15, 0.2) is 66.7 Å². The molecule has 0 bridgehead atoms. The first-order valence-corrected chi connectivity index (χ1v) is 17.2. The second-order valence-electron chi connectivity index (χ2n) is 13.5. The van der Waals surface area contributed by atoms with Gasteiger partial charge in [0.25, 0.3) is 11.8 Å². The van der Waals surface area contributed by atoms with Gasteiger partial charge in [-0.25, -0.2) is 4.79 Å². The molecule has 1 saturated heterocycles. The summed E-state index contributed by atoms with van der Waals surface area (Å²) < 4.78 is 5.21. The number of hydrogen-bond acceptors (Lipinski definition) is 9. The van der Waals surface area contributed by atoms with Gasteiger partial charge in [0.2, 0.25) is 23.6 Å². The fraction of sp³-hybridized carbons (Fsp3) is 0.342. The third kappa shape index (κ3) is 9.59. The lowest BCUT2D eigenvalue weighted by Crippen LogP contribution is -2.57. The molecule has 3 aromatic rings. The number of piperidine rings is 1. The number of nitrogens with zero attached hydrogens (tertiary/aromatic N) is 1. The predicted octanol–water partition coefficient (Wildman–Crippen LogP) is 4.87. The van der Waals surface area contributed by atoms with Crippen LogP contribution >= 0.6 is 0 Å². The van der Waals surface area contributed by atoms with Crippen molar-refractivity contribution in [3.05, 3.63) is 77.9 Å². The number of unbranched alkanes of at least 4 members (excludes halogenated alkanes) is 3. The van der Waals surface area contributed by atoms with Crippen molar-refractivity contribution < 1.29 is 38.3 Å². The lowest BCUT2D eigenvalue weighted by atomic mass is 9.91. The van der Waals surface area contributed by atoms with Crippen LogP contribution in [0.1, 0.15) is 80.0 Å². The Balaban J connectivity index is 1.01. The van der Waals surface area contributed by atoms with Gasteiger partial charge < -0.3 is 20.7 Å².